The molecule has 1 N–H and O–H groups in total. The molecule has 0 heterocycles. The molecule has 22 heavy (non-hydrogen) atoms. The van der Waals surface area contributed by atoms with Crippen LogP contribution in [0, 0.1) is 6.92 Å². The minimum absolute atomic E-state index is 0. The van der Waals surface area contributed by atoms with Crippen LogP contribution in [-0.2, 0) is 21.2 Å². The Bertz CT molecular complexity index is 587. The van der Waals surface area contributed by atoms with Crippen LogP contribution < -0.4 is 28.1 Å². The zero-order chi connectivity index (χ0) is 14.7. The minimum Gasteiger partial charge on any atom is -1.00 e. The van der Waals surface area contributed by atoms with Crippen molar-refractivity contribution in [2.45, 2.75) is 33.4 Å². The summed E-state index contributed by atoms with van der Waals surface area (Å²) in [5, 5.41) is 0. The topological polar surface area (TPSA) is 29.1 Å². The maximum Gasteiger partial charge on any atom is -1.00 e. The van der Waals surface area contributed by atoms with Crippen molar-refractivity contribution in [3.05, 3.63) is 56.4 Å². The van der Waals surface area contributed by atoms with Crippen LogP contribution in [-0.4, -0.2) is 11.8 Å². The smallest absolute Gasteiger partial charge is 1.00 e. The van der Waals surface area contributed by atoms with Gasteiger partial charge in [-0.15, -0.1) is 0 Å². The predicted molar refractivity (Wildman–Crippen MR) is 84.0 cm³/mol. The molecule has 1 aromatic carbocycles. The number of amides is 1. The molecule has 1 aliphatic rings. The summed E-state index contributed by atoms with van der Waals surface area (Å²) in [6.07, 6.45) is 5.67. The van der Waals surface area contributed by atoms with Crippen molar-refractivity contribution in [3.8, 4) is 0 Å². The van der Waals surface area contributed by atoms with Gasteiger partial charge in [0.15, 0.2) is 0 Å². The molecule has 0 spiro atoms. The zero-order valence-electron chi connectivity index (χ0n) is 13.4. The van der Waals surface area contributed by atoms with Gasteiger partial charge in [0, 0.05) is 0 Å². The number of allylic oxidation sites excluding steroid dienone is 4. The fourth-order valence-corrected chi connectivity index (χ4v) is 16.1. The maximum atomic E-state index is 12.5. The first kappa shape index (κ1) is 21.9. The van der Waals surface area contributed by atoms with Crippen molar-refractivity contribution in [3.63, 3.8) is 0 Å². The molecule has 1 amide bonds. The molecule has 119 valence electrons. The van der Waals surface area contributed by atoms with Crippen molar-refractivity contribution in [2.24, 2.45) is 0 Å². The molecule has 0 fully saturated rings. The first-order valence-corrected chi connectivity index (χ1v) is 16.7. The third kappa shape index (κ3) is 5.81. The van der Waals surface area contributed by atoms with Gasteiger partial charge in [0.25, 0.3) is 0 Å². The largest absolute Gasteiger partial charge is 1.00 e. The van der Waals surface area contributed by atoms with Gasteiger partial charge >= 0.3 is 131 Å². The van der Waals surface area contributed by atoms with E-state index in [1.165, 1.54) is 5.57 Å². The van der Waals surface area contributed by atoms with Crippen LogP contribution in [0.4, 0.5) is 0 Å². The van der Waals surface area contributed by atoms with Crippen molar-refractivity contribution in [1.29, 1.82) is 0 Å². The summed E-state index contributed by atoms with van der Waals surface area (Å²) in [5.41, 5.74) is 3.31. The summed E-state index contributed by atoms with van der Waals surface area (Å²) >= 11 is -1.93. The molecule has 0 aliphatic heterocycles. The molecule has 0 unspecified atom stereocenters. The average Bonchev–Trinajstić information content (AvgIpc) is 2.81. The maximum absolute atomic E-state index is 12.5. The quantitative estimate of drug-likeness (QED) is 0.521. The molecule has 1 aromatic rings. The first-order valence-electron chi connectivity index (χ1n) is 7.10. The van der Waals surface area contributed by atoms with E-state index >= 15 is 0 Å². The van der Waals surface area contributed by atoms with Gasteiger partial charge in [0.2, 0.25) is 0 Å². The normalized spacial score (nSPS) is 12.8. The summed E-state index contributed by atoms with van der Waals surface area (Å²) in [5.74, 6) is -0.661. The van der Waals surface area contributed by atoms with Crippen LogP contribution in [0.2, 0.25) is 13.1 Å². The SMILES string of the molecule is CC1=CC[C]([Zr+2]([NH]C(=O)c2cccc(C)c2)[SiH](C)C)=C1.[Cl-].[Cl-]. The van der Waals surface area contributed by atoms with Crippen LogP contribution in [0.25, 0.3) is 0 Å². The van der Waals surface area contributed by atoms with Gasteiger partial charge < -0.3 is 24.8 Å². The van der Waals surface area contributed by atoms with E-state index < -0.39 is 27.1 Å². The number of hydrogen-bond donors (Lipinski definition) is 1. The van der Waals surface area contributed by atoms with Crippen molar-refractivity contribution in [2.75, 3.05) is 0 Å². The van der Waals surface area contributed by atoms with Crippen LogP contribution in [0.1, 0.15) is 29.3 Å². The second kappa shape index (κ2) is 9.87. The summed E-state index contributed by atoms with van der Waals surface area (Å²) in [7, 11) is 0. The Labute approximate surface area is 154 Å². The number of aryl methyl sites for hydroxylation is 1. The molecule has 1 aliphatic carbocycles. The molecule has 0 bridgehead atoms. The van der Waals surface area contributed by atoms with E-state index in [9.17, 15) is 4.79 Å². The Morgan fingerprint density at radius 1 is 1.23 bits per heavy atom. The number of benzene rings is 1. The van der Waals surface area contributed by atoms with Gasteiger partial charge in [-0.05, 0) is 0 Å². The number of rotatable bonds is 4. The number of halogens is 2. The second-order valence-electron chi connectivity index (χ2n) is 5.71. The van der Waals surface area contributed by atoms with Gasteiger partial charge in [-0.2, -0.15) is 0 Å². The van der Waals surface area contributed by atoms with Crippen molar-refractivity contribution < 1.29 is 50.8 Å². The monoisotopic (exact) mass is 432 g/mol. The van der Waals surface area contributed by atoms with Crippen LogP contribution in [0.3, 0.4) is 0 Å². The summed E-state index contributed by atoms with van der Waals surface area (Å²) in [6.45, 7) is 8.93. The van der Waals surface area contributed by atoms with E-state index in [4.69, 9.17) is 0 Å². The minimum atomic E-state index is -1.93. The number of hydrogen-bond acceptors (Lipinski definition) is 1. The third-order valence-electron chi connectivity index (χ3n) is 3.50. The van der Waals surface area contributed by atoms with Gasteiger partial charge in [0.05, 0.1) is 0 Å². The number of nitrogens with one attached hydrogen (secondary N) is 1. The Kier molecular flexibility index (Phi) is 9.80. The summed E-state index contributed by atoms with van der Waals surface area (Å²) < 4.78 is 5.00. The Hall–Kier alpha value is -0.150. The van der Waals surface area contributed by atoms with E-state index in [2.05, 4.69) is 35.4 Å². The Balaban J connectivity index is 0.00000220. The predicted octanol–water partition coefficient (Wildman–Crippen LogP) is -2.52. The summed E-state index contributed by atoms with van der Waals surface area (Å²) in [4.78, 5) is 12.5. The molecule has 0 saturated heterocycles. The van der Waals surface area contributed by atoms with E-state index in [0.29, 0.717) is 0 Å². The summed E-state index contributed by atoms with van der Waals surface area (Å²) in [6, 6.07) is 7.88. The fraction of sp³-hybridized carbons (Fsp3) is 0.312. The zero-order valence-corrected chi connectivity index (χ0v) is 18.5. The Morgan fingerprint density at radius 3 is 2.41 bits per heavy atom. The van der Waals surface area contributed by atoms with Crippen molar-refractivity contribution >= 4 is 11.8 Å². The average molecular weight is 435 g/mol. The number of carbonyl (C=O) groups excluding carboxylic acids is 1. The molecule has 2 nitrogen and oxygen atoms in total. The second-order valence-corrected chi connectivity index (χ2v) is 24.2. The Morgan fingerprint density at radius 2 is 1.91 bits per heavy atom. The van der Waals surface area contributed by atoms with Crippen molar-refractivity contribution in [1.82, 2.24) is 3.26 Å². The molecular weight excluding hydrogens is 412 g/mol. The van der Waals surface area contributed by atoms with Gasteiger partial charge in [-0.1, -0.05) is 0 Å². The van der Waals surface area contributed by atoms with Crippen LogP contribution in [0.15, 0.2) is 45.3 Å². The van der Waals surface area contributed by atoms with Gasteiger partial charge in [-0.3, -0.25) is 0 Å². The molecule has 0 aromatic heterocycles. The fourth-order valence-electron chi connectivity index (χ4n) is 2.43. The van der Waals surface area contributed by atoms with E-state index in [1.54, 1.807) is 3.28 Å². The molecule has 2 rings (SSSR count). The van der Waals surface area contributed by atoms with E-state index in [1.807, 2.05) is 31.2 Å². The first-order chi connectivity index (χ1) is 9.47. The third-order valence-corrected chi connectivity index (χ3v) is 20.0. The van der Waals surface area contributed by atoms with Crippen LogP contribution in [0.5, 0.6) is 0 Å². The van der Waals surface area contributed by atoms with E-state index in [-0.39, 0.29) is 30.7 Å². The molecule has 0 atom stereocenters. The molecular formula is C16H22Cl2NOSiZr. The van der Waals surface area contributed by atoms with E-state index in [0.717, 1.165) is 17.5 Å². The van der Waals surface area contributed by atoms with Gasteiger partial charge in [0.1, 0.15) is 0 Å². The number of carbonyl (C=O) groups is 1. The van der Waals surface area contributed by atoms with Gasteiger partial charge in [-0.25, -0.2) is 0 Å². The standard InChI is InChI=1S/C8H9NO.C6H7.C2H7Si.2ClH.Zr/c1-6-3-2-4-7(5-6)8(9)10;1-6-4-2-3-5-6;1-3-2;;;/h2-5H,1H3,(H2,9,10);4-5H,2H2,1H3;3H,1-2H3;2*1H;/q;;;;;+3/p-3. The van der Waals surface area contributed by atoms with Crippen LogP contribution >= 0.6 is 0 Å². The molecule has 6 heteroatoms. The molecule has 0 radical (unpaired) electrons. The molecule has 0 saturated carbocycles.